The summed E-state index contributed by atoms with van der Waals surface area (Å²) in [6, 6.07) is 20.8. The molecule has 1 unspecified atom stereocenters. The third-order valence-electron chi connectivity index (χ3n) is 10.3. The molecule has 338 valence electrons. The first-order valence-corrected chi connectivity index (χ1v) is 22.9. The van der Waals surface area contributed by atoms with E-state index in [4.69, 9.17) is 15.2 Å². The number of primary amides is 1. The average Bonchev–Trinajstić information content (AvgIpc) is 3.97. The van der Waals surface area contributed by atoms with Gasteiger partial charge in [0, 0.05) is 49.2 Å². The summed E-state index contributed by atoms with van der Waals surface area (Å²) < 4.78 is 33.6. The van der Waals surface area contributed by atoms with Gasteiger partial charge in [-0.25, -0.2) is 13.2 Å². The standard InChI is InChI=1S/C46H51N5O11S2/c1-28(52)62-39(45(58)61-5)32-16-13-29(14-17-32)15-23-37(53)49-40(46(2,3)4)44(57)50-25-7-8-35(50)43(56)51(34-20-18-33(19-21-34)41(47)54)27-31-11-9-30(10-12-31)26-48-42(55)36-22-24-38(63-36)64(6,59)60/h9-24,35,39-40H,7-8,25-27H2,1-6H3,(H2,47,54)(H,48,55)(H,49,53)/b23-15+/t35-,39?,40+/m0/s1. The second-order valence-electron chi connectivity index (χ2n) is 16.2. The first-order chi connectivity index (χ1) is 30.2. The number of likely N-dealkylation sites (tertiary alicyclic amines) is 1. The highest BCUT2D eigenvalue weighted by atomic mass is 32.2. The molecule has 5 rings (SSSR count). The molecule has 4 N–H and O–H groups in total. The molecule has 5 amide bonds. The van der Waals surface area contributed by atoms with Crippen LogP contribution in [-0.2, 0) is 56.4 Å². The van der Waals surface area contributed by atoms with Crippen LogP contribution in [0.3, 0.4) is 0 Å². The molecule has 4 aromatic rings. The maximum atomic E-state index is 14.7. The number of rotatable bonds is 16. The van der Waals surface area contributed by atoms with Crippen molar-refractivity contribution in [2.45, 2.75) is 76.0 Å². The van der Waals surface area contributed by atoms with Gasteiger partial charge >= 0.3 is 11.9 Å². The topological polar surface area (TPSA) is 229 Å². The molecule has 1 saturated heterocycles. The Morgan fingerprint density at radius 1 is 0.922 bits per heavy atom. The van der Waals surface area contributed by atoms with Gasteiger partial charge in [0.15, 0.2) is 9.84 Å². The Morgan fingerprint density at radius 2 is 1.56 bits per heavy atom. The minimum absolute atomic E-state index is 0.0850. The van der Waals surface area contributed by atoms with Crippen molar-refractivity contribution in [1.82, 2.24) is 15.5 Å². The highest BCUT2D eigenvalue weighted by Gasteiger charge is 2.43. The molecule has 18 heteroatoms. The van der Waals surface area contributed by atoms with Gasteiger partial charge in [-0.1, -0.05) is 69.3 Å². The molecule has 1 aliphatic rings. The van der Waals surface area contributed by atoms with Crippen LogP contribution >= 0.6 is 11.3 Å². The molecule has 0 saturated carbocycles. The molecule has 64 heavy (non-hydrogen) atoms. The third kappa shape index (κ3) is 12.5. The predicted octanol–water partition coefficient (Wildman–Crippen LogP) is 4.73. The molecule has 1 aromatic heterocycles. The van der Waals surface area contributed by atoms with E-state index in [2.05, 4.69) is 10.6 Å². The summed E-state index contributed by atoms with van der Waals surface area (Å²) in [5.41, 5.74) is 7.86. The van der Waals surface area contributed by atoms with Crippen LogP contribution in [0.15, 0.2) is 95.2 Å². The van der Waals surface area contributed by atoms with Gasteiger partial charge < -0.3 is 35.6 Å². The number of ether oxygens (including phenoxy) is 2. The molecule has 1 fully saturated rings. The SMILES string of the molecule is COC(=O)C(OC(C)=O)c1ccc(/C=C/C(=O)N[C@H](C(=O)N2CCC[C@H]2C(=O)N(Cc2ccc(CNC(=O)c3ccc(S(C)(=O)=O)s3)cc2)c2ccc(C(N)=O)cc2)C(C)(C)C)cc1. The van der Waals surface area contributed by atoms with E-state index in [1.54, 1.807) is 60.7 Å². The maximum Gasteiger partial charge on any atom is 0.351 e. The fourth-order valence-corrected chi connectivity index (χ4v) is 8.75. The van der Waals surface area contributed by atoms with Gasteiger partial charge in [-0.15, -0.1) is 11.3 Å². The molecule has 3 aromatic carbocycles. The summed E-state index contributed by atoms with van der Waals surface area (Å²) in [7, 11) is -2.26. The average molecular weight is 914 g/mol. The van der Waals surface area contributed by atoms with Crippen LogP contribution in [0.4, 0.5) is 5.69 Å². The van der Waals surface area contributed by atoms with E-state index >= 15 is 0 Å². The van der Waals surface area contributed by atoms with Gasteiger partial charge in [-0.05, 0) is 77.4 Å². The number of esters is 2. The smallest absolute Gasteiger partial charge is 0.351 e. The molecular formula is C46H51N5O11S2. The maximum absolute atomic E-state index is 14.7. The number of amides is 5. The molecule has 0 bridgehead atoms. The van der Waals surface area contributed by atoms with Gasteiger partial charge in [-0.3, -0.25) is 28.8 Å². The number of thiophene rings is 1. The van der Waals surface area contributed by atoms with E-state index in [-0.39, 0.29) is 40.2 Å². The first-order valence-electron chi connectivity index (χ1n) is 20.2. The highest BCUT2D eigenvalue weighted by Crippen LogP contribution is 2.30. The van der Waals surface area contributed by atoms with E-state index in [0.29, 0.717) is 29.7 Å². The van der Waals surface area contributed by atoms with Gasteiger partial charge in [-0.2, -0.15) is 0 Å². The number of sulfone groups is 1. The zero-order valence-corrected chi connectivity index (χ0v) is 37.9. The van der Waals surface area contributed by atoms with Crippen LogP contribution in [0, 0.1) is 5.41 Å². The fraction of sp³-hybridized carbons (Fsp3) is 0.326. The van der Waals surface area contributed by atoms with Crippen LogP contribution in [0.5, 0.6) is 0 Å². The number of benzene rings is 3. The lowest BCUT2D eigenvalue weighted by Gasteiger charge is -2.36. The van der Waals surface area contributed by atoms with E-state index < -0.39 is 69.0 Å². The molecule has 3 atom stereocenters. The minimum atomic E-state index is -3.44. The van der Waals surface area contributed by atoms with E-state index in [1.807, 2.05) is 20.8 Å². The van der Waals surface area contributed by atoms with Crippen molar-refractivity contribution in [3.8, 4) is 0 Å². The normalized spacial score (nSPS) is 14.9. The van der Waals surface area contributed by atoms with Gasteiger partial charge in [0.1, 0.15) is 16.3 Å². The second-order valence-corrected chi connectivity index (χ2v) is 19.6. The van der Waals surface area contributed by atoms with Crippen molar-refractivity contribution in [2.75, 3.05) is 24.8 Å². The molecule has 1 aliphatic heterocycles. The number of nitrogens with zero attached hydrogens (tertiary/aromatic N) is 2. The Labute approximate surface area is 375 Å². The van der Waals surface area contributed by atoms with E-state index in [9.17, 15) is 42.0 Å². The number of carbonyl (C=O) groups is 7. The lowest BCUT2D eigenvalue weighted by Crippen LogP contribution is -2.57. The Bertz CT molecular complexity index is 2530. The Morgan fingerprint density at radius 3 is 2.12 bits per heavy atom. The number of methoxy groups -OCH3 is 1. The summed E-state index contributed by atoms with van der Waals surface area (Å²) in [5.74, 6) is -3.82. The summed E-state index contributed by atoms with van der Waals surface area (Å²) in [4.78, 5) is 94.1. The number of nitrogens with one attached hydrogen (secondary N) is 2. The molecule has 0 radical (unpaired) electrons. The zero-order valence-electron chi connectivity index (χ0n) is 36.3. The monoisotopic (exact) mass is 913 g/mol. The summed E-state index contributed by atoms with van der Waals surface area (Å²) in [5, 5.41) is 5.63. The Hall–Kier alpha value is -6.66. The second kappa shape index (κ2) is 20.7. The van der Waals surface area contributed by atoms with Gasteiger partial charge in [0.2, 0.25) is 29.7 Å². The quantitative estimate of drug-likeness (QED) is 0.103. The number of hydrogen-bond donors (Lipinski definition) is 3. The molecular weight excluding hydrogens is 863 g/mol. The minimum Gasteiger partial charge on any atom is -0.466 e. The summed E-state index contributed by atoms with van der Waals surface area (Å²) in [6.07, 6.45) is 3.52. The number of nitrogens with two attached hydrogens (primary N) is 1. The van der Waals surface area contributed by atoms with Crippen molar-refractivity contribution in [1.29, 1.82) is 0 Å². The van der Waals surface area contributed by atoms with E-state index in [0.717, 1.165) is 28.7 Å². The molecule has 2 heterocycles. The molecule has 16 nitrogen and oxygen atoms in total. The fourth-order valence-electron chi connectivity index (χ4n) is 6.91. The predicted molar refractivity (Wildman–Crippen MR) is 239 cm³/mol. The lowest BCUT2D eigenvalue weighted by molar-refractivity contribution is -0.165. The molecule has 0 spiro atoms. The van der Waals surface area contributed by atoms with Crippen molar-refractivity contribution >= 4 is 74.4 Å². The van der Waals surface area contributed by atoms with Crippen LogP contribution in [-0.4, -0.2) is 86.8 Å². The Balaban J connectivity index is 1.31. The third-order valence-corrected chi connectivity index (χ3v) is 13.2. The van der Waals surface area contributed by atoms with E-state index in [1.165, 1.54) is 60.3 Å². The number of anilines is 1. The van der Waals surface area contributed by atoms with Gasteiger partial charge in [0.25, 0.3) is 5.91 Å². The lowest BCUT2D eigenvalue weighted by atomic mass is 9.85. The van der Waals surface area contributed by atoms with Gasteiger partial charge in [0.05, 0.1) is 18.5 Å². The largest absolute Gasteiger partial charge is 0.466 e. The van der Waals surface area contributed by atoms with Crippen molar-refractivity contribution in [3.05, 3.63) is 124 Å². The summed E-state index contributed by atoms with van der Waals surface area (Å²) >= 11 is 0.888. The van der Waals surface area contributed by atoms with Crippen molar-refractivity contribution in [2.24, 2.45) is 11.1 Å². The van der Waals surface area contributed by atoms with Crippen molar-refractivity contribution < 1.29 is 51.5 Å². The van der Waals surface area contributed by atoms with Crippen LogP contribution in [0.25, 0.3) is 6.08 Å². The van der Waals surface area contributed by atoms with Crippen LogP contribution < -0.4 is 21.3 Å². The number of hydrogen-bond acceptors (Lipinski definition) is 12. The van der Waals surface area contributed by atoms with Crippen LogP contribution in [0.2, 0.25) is 0 Å². The van der Waals surface area contributed by atoms with Crippen molar-refractivity contribution in [3.63, 3.8) is 0 Å². The first kappa shape index (κ1) is 48.4. The Kier molecular flexibility index (Phi) is 15.6. The number of carbonyl (C=O) groups excluding carboxylic acids is 7. The van der Waals surface area contributed by atoms with Crippen LogP contribution in [0.1, 0.15) is 88.9 Å². The zero-order chi connectivity index (χ0) is 46.9. The highest BCUT2D eigenvalue weighted by molar-refractivity contribution is 7.92. The molecule has 0 aliphatic carbocycles. The summed E-state index contributed by atoms with van der Waals surface area (Å²) in [6.45, 7) is 7.13.